The first-order valence-electron chi connectivity index (χ1n) is 8.91. The van der Waals surface area contributed by atoms with Gasteiger partial charge in [0.2, 0.25) is 5.75 Å². The summed E-state index contributed by atoms with van der Waals surface area (Å²) < 4.78 is 27.4. The van der Waals surface area contributed by atoms with Crippen molar-refractivity contribution in [3.63, 3.8) is 0 Å². The minimum Gasteiger partial charge on any atom is -0.493 e. The van der Waals surface area contributed by atoms with E-state index in [9.17, 15) is 5.11 Å². The molecule has 0 heterocycles. The van der Waals surface area contributed by atoms with Crippen LogP contribution in [-0.2, 0) is 6.42 Å². The summed E-state index contributed by atoms with van der Waals surface area (Å²) in [6.45, 7) is 5.53. The molecule has 0 amide bonds. The highest BCUT2D eigenvalue weighted by molar-refractivity contribution is 5.54. The van der Waals surface area contributed by atoms with E-state index in [-0.39, 0.29) is 0 Å². The molecule has 0 aromatic heterocycles. The Morgan fingerprint density at radius 1 is 0.893 bits per heavy atom. The van der Waals surface area contributed by atoms with Gasteiger partial charge in [-0.2, -0.15) is 0 Å². The number of benzene rings is 2. The van der Waals surface area contributed by atoms with E-state index in [4.69, 9.17) is 23.7 Å². The van der Waals surface area contributed by atoms with Crippen molar-refractivity contribution in [2.24, 2.45) is 0 Å². The molecule has 0 spiro atoms. The van der Waals surface area contributed by atoms with E-state index in [0.29, 0.717) is 34.3 Å². The average molecular weight is 388 g/mol. The van der Waals surface area contributed by atoms with E-state index in [1.807, 2.05) is 24.3 Å². The Morgan fingerprint density at radius 2 is 1.50 bits per heavy atom. The monoisotopic (exact) mass is 388 g/mol. The quantitative estimate of drug-likeness (QED) is 0.622. The lowest BCUT2D eigenvalue weighted by molar-refractivity contribution is 0.0448. The molecule has 0 aliphatic rings. The minimum absolute atomic E-state index is 0.467. The highest BCUT2D eigenvalue weighted by atomic mass is 16.5. The molecule has 0 bridgehead atoms. The Kier molecular flexibility index (Phi) is 7.58. The smallest absolute Gasteiger partial charge is 0.203 e. The number of ether oxygens (including phenoxy) is 5. The van der Waals surface area contributed by atoms with Crippen molar-refractivity contribution in [3.8, 4) is 28.7 Å². The van der Waals surface area contributed by atoms with E-state index in [1.165, 1.54) is 21.3 Å². The number of rotatable bonds is 10. The largest absolute Gasteiger partial charge is 0.493 e. The summed E-state index contributed by atoms with van der Waals surface area (Å²) >= 11 is 0. The zero-order valence-corrected chi connectivity index (χ0v) is 17.0. The molecule has 0 aliphatic carbocycles. The number of aliphatic hydroxyl groups is 1. The third kappa shape index (κ3) is 4.70. The molecule has 2 aromatic carbocycles. The molecular formula is C22H28O6. The highest BCUT2D eigenvalue weighted by Gasteiger charge is 2.23. The van der Waals surface area contributed by atoms with Gasteiger partial charge in [-0.05, 0) is 48.7 Å². The van der Waals surface area contributed by atoms with Crippen LogP contribution in [0.3, 0.4) is 0 Å². The first-order chi connectivity index (χ1) is 13.5. The summed E-state index contributed by atoms with van der Waals surface area (Å²) in [5.74, 6) is 2.55. The first kappa shape index (κ1) is 21.4. The lowest BCUT2D eigenvalue weighted by Crippen LogP contribution is -2.22. The highest BCUT2D eigenvalue weighted by Crippen LogP contribution is 2.40. The maximum atomic E-state index is 10.8. The summed E-state index contributed by atoms with van der Waals surface area (Å²) in [5.41, 5.74) is 1.65. The summed E-state index contributed by atoms with van der Waals surface area (Å²) in [6.07, 6.45) is 1.08. The lowest BCUT2D eigenvalue weighted by Gasteiger charge is -2.23. The van der Waals surface area contributed by atoms with E-state index >= 15 is 0 Å². The second kappa shape index (κ2) is 9.90. The normalized spacial score (nSPS) is 12.6. The third-order valence-corrected chi connectivity index (χ3v) is 4.39. The summed E-state index contributed by atoms with van der Waals surface area (Å²) in [7, 11) is 6.18. The van der Waals surface area contributed by atoms with Gasteiger partial charge in [-0.1, -0.05) is 12.1 Å². The van der Waals surface area contributed by atoms with Gasteiger partial charge in [0.05, 0.1) is 28.4 Å². The first-order valence-corrected chi connectivity index (χ1v) is 8.91. The fraction of sp³-hybridized carbons (Fsp3) is 0.364. The Morgan fingerprint density at radius 3 is 2.00 bits per heavy atom. The fourth-order valence-electron chi connectivity index (χ4n) is 2.91. The molecule has 0 fully saturated rings. The number of aliphatic hydroxyl groups excluding tert-OH is 1. The topological polar surface area (TPSA) is 66.4 Å². The van der Waals surface area contributed by atoms with Crippen LogP contribution >= 0.6 is 0 Å². The molecule has 0 radical (unpaired) electrons. The summed E-state index contributed by atoms with van der Waals surface area (Å²) in [6, 6.07) is 9.08. The second-order valence-corrected chi connectivity index (χ2v) is 6.20. The number of methoxy groups -OCH3 is 4. The molecule has 0 aliphatic heterocycles. The van der Waals surface area contributed by atoms with Crippen molar-refractivity contribution in [2.75, 3.05) is 28.4 Å². The predicted molar refractivity (Wildman–Crippen MR) is 108 cm³/mol. The number of hydrogen-bond acceptors (Lipinski definition) is 6. The van der Waals surface area contributed by atoms with E-state index in [1.54, 1.807) is 26.2 Å². The van der Waals surface area contributed by atoms with Crippen LogP contribution in [0.15, 0.2) is 43.0 Å². The number of hydrogen-bond donors (Lipinski definition) is 1. The van der Waals surface area contributed by atoms with Crippen molar-refractivity contribution in [3.05, 3.63) is 54.1 Å². The van der Waals surface area contributed by atoms with Gasteiger partial charge in [0.25, 0.3) is 0 Å². The maximum Gasteiger partial charge on any atom is 0.203 e. The molecule has 2 rings (SSSR count). The molecule has 0 saturated heterocycles. The Hall–Kier alpha value is -2.86. The Bertz CT molecular complexity index is 777. The molecule has 28 heavy (non-hydrogen) atoms. The maximum absolute atomic E-state index is 10.8. The SMILES string of the molecule is C=CCc1ccc(O[C@H](C)[C@@H](O)c2cc(OC)c(OC)c(OC)c2)c(OC)c1. The predicted octanol–water partition coefficient (Wildman–Crippen LogP) is 3.95. The van der Waals surface area contributed by atoms with Crippen LogP contribution in [0.4, 0.5) is 0 Å². The molecule has 0 unspecified atom stereocenters. The van der Waals surface area contributed by atoms with Gasteiger partial charge < -0.3 is 28.8 Å². The summed E-state index contributed by atoms with van der Waals surface area (Å²) in [5, 5.41) is 10.8. The van der Waals surface area contributed by atoms with Gasteiger partial charge in [-0.15, -0.1) is 6.58 Å². The van der Waals surface area contributed by atoms with E-state index < -0.39 is 12.2 Å². The standard InChI is InChI=1S/C22H28O6/c1-7-8-15-9-10-17(18(11-15)24-3)28-14(2)21(23)16-12-19(25-4)22(27-6)20(13-16)26-5/h7,9-14,21,23H,1,8H2,2-6H3/t14-,21-/m1/s1. The van der Waals surface area contributed by atoms with Crippen molar-refractivity contribution in [2.45, 2.75) is 25.6 Å². The van der Waals surface area contributed by atoms with Gasteiger partial charge in [0.1, 0.15) is 12.2 Å². The van der Waals surface area contributed by atoms with Crippen LogP contribution in [-0.4, -0.2) is 39.6 Å². The Balaban J connectivity index is 2.27. The molecule has 1 N–H and O–H groups in total. The Labute approximate surface area is 166 Å². The zero-order valence-electron chi connectivity index (χ0n) is 17.0. The second-order valence-electron chi connectivity index (χ2n) is 6.20. The van der Waals surface area contributed by atoms with Crippen molar-refractivity contribution in [1.82, 2.24) is 0 Å². The molecular weight excluding hydrogens is 360 g/mol. The van der Waals surface area contributed by atoms with Gasteiger partial charge in [0.15, 0.2) is 23.0 Å². The average Bonchev–Trinajstić information content (AvgIpc) is 2.72. The third-order valence-electron chi connectivity index (χ3n) is 4.39. The molecule has 6 nitrogen and oxygen atoms in total. The lowest BCUT2D eigenvalue weighted by atomic mass is 10.0. The molecule has 0 saturated carbocycles. The van der Waals surface area contributed by atoms with Crippen molar-refractivity contribution < 1.29 is 28.8 Å². The zero-order chi connectivity index (χ0) is 20.7. The van der Waals surface area contributed by atoms with E-state index in [2.05, 4.69) is 6.58 Å². The van der Waals surface area contributed by atoms with Gasteiger partial charge in [0, 0.05) is 0 Å². The van der Waals surface area contributed by atoms with Crippen LogP contribution in [0, 0.1) is 0 Å². The van der Waals surface area contributed by atoms with Gasteiger partial charge in [-0.25, -0.2) is 0 Å². The van der Waals surface area contributed by atoms with Gasteiger partial charge >= 0.3 is 0 Å². The van der Waals surface area contributed by atoms with Crippen LogP contribution in [0.5, 0.6) is 28.7 Å². The summed E-state index contributed by atoms with van der Waals surface area (Å²) in [4.78, 5) is 0. The van der Waals surface area contributed by atoms with Crippen molar-refractivity contribution in [1.29, 1.82) is 0 Å². The van der Waals surface area contributed by atoms with Crippen LogP contribution < -0.4 is 23.7 Å². The molecule has 152 valence electrons. The van der Waals surface area contributed by atoms with Gasteiger partial charge in [-0.3, -0.25) is 0 Å². The van der Waals surface area contributed by atoms with Crippen LogP contribution in [0.1, 0.15) is 24.2 Å². The number of allylic oxidation sites excluding steroid dienone is 1. The molecule has 6 heteroatoms. The fourth-order valence-corrected chi connectivity index (χ4v) is 2.91. The van der Waals surface area contributed by atoms with Crippen LogP contribution in [0.2, 0.25) is 0 Å². The molecule has 2 atom stereocenters. The van der Waals surface area contributed by atoms with Crippen molar-refractivity contribution >= 4 is 0 Å². The van der Waals surface area contributed by atoms with E-state index in [0.717, 1.165) is 12.0 Å². The van der Waals surface area contributed by atoms with Crippen LogP contribution in [0.25, 0.3) is 0 Å². The minimum atomic E-state index is -0.925. The molecule has 2 aromatic rings.